The third-order valence-corrected chi connectivity index (χ3v) is 7.74. The maximum atomic E-state index is 10.0. The zero-order valence-electron chi connectivity index (χ0n) is 24.9. The van der Waals surface area contributed by atoms with E-state index in [9.17, 15) is 10.2 Å². The molecule has 9 nitrogen and oxygen atoms in total. The molecule has 0 aliphatic carbocycles. The van der Waals surface area contributed by atoms with Crippen LogP contribution in [0.15, 0.2) is 107 Å². The number of hydrogen-bond donors (Lipinski definition) is 5. The van der Waals surface area contributed by atoms with Crippen molar-refractivity contribution in [1.82, 2.24) is 4.98 Å². The number of aromatic nitrogens is 1. The quantitative estimate of drug-likeness (QED) is 0.129. The Morgan fingerprint density at radius 2 is 1.31 bits per heavy atom. The van der Waals surface area contributed by atoms with Crippen molar-refractivity contribution in [2.24, 2.45) is 9.98 Å². The summed E-state index contributed by atoms with van der Waals surface area (Å²) in [6.45, 7) is -0.373. The zero-order valence-corrected chi connectivity index (χ0v) is 24.9. The third-order valence-electron chi connectivity index (χ3n) is 7.74. The molecule has 1 aliphatic rings. The fourth-order valence-corrected chi connectivity index (χ4v) is 5.28. The zero-order chi connectivity index (χ0) is 31.5. The molecule has 0 unspecified atom stereocenters. The number of allylic oxidation sites excluding steroid dienone is 1. The summed E-state index contributed by atoms with van der Waals surface area (Å²) in [5.74, 6) is 2.27. The lowest BCUT2D eigenvalue weighted by Crippen LogP contribution is -1.98. The molecule has 7 N–H and O–H groups in total. The average molecular weight is 600 g/mol. The molecule has 2 heterocycles. The summed E-state index contributed by atoms with van der Waals surface area (Å²) >= 11 is 0. The Kier molecular flexibility index (Phi) is 8.20. The van der Waals surface area contributed by atoms with Crippen LogP contribution in [0.25, 0.3) is 28.0 Å². The van der Waals surface area contributed by atoms with Crippen molar-refractivity contribution in [2.75, 3.05) is 25.7 Å². The Balaban J connectivity index is 1.54. The first kappa shape index (κ1) is 29.4. The van der Waals surface area contributed by atoms with Crippen LogP contribution in [0.5, 0.6) is 11.5 Å². The molecular weight excluding hydrogens is 566 g/mol. The molecule has 0 saturated carbocycles. The number of anilines is 2. The van der Waals surface area contributed by atoms with Crippen molar-refractivity contribution < 1.29 is 19.7 Å². The molecule has 45 heavy (non-hydrogen) atoms. The molecule has 0 radical (unpaired) electrons. The van der Waals surface area contributed by atoms with Gasteiger partial charge in [-0.2, -0.15) is 0 Å². The highest BCUT2D eigenvalue weighted by Crippen LogP contribution is 2.39. The highest BCUT2D eigenvalue weighted by Gasteiger charge is 2.22. The van der Waals surface area contributed by atoms with Crippen LogP contribution in [-0.2, 0) is 13.2 Å². The minimum atomic E-state index is -0.204. The van der Waals surface area contributed by atoms with Gasteiger partial charge >= 0.3 is 0 Å². The van der Waals surface area contributed by atoms with Crippen LogP contribution < -0.4 is 20.9 Å². The number of nitrogens with one attached hydrogen (secondary N) is 1. The summed E-state index contributed by atoms with van der Waals surface area (Å²) in [4.78, 5) is 13.6. The highest BCUT2D eigenvalue weighted by molar-refractivity contribution is 6.38. The van der Waals surface area contributed by atoms with Gasteiger partial charge in [-0.1, -0.05) is 42.5 Å². The molecule has 0 saturated heterocycles. The second-order valence-electron chi connectivity index (χ2n) is 10.5. The summed E-state index contributed by atoms with van der Waals surface area (Å²) in [6, 6.07) is 28.4. The third kappa shape index (κ3) is 5.95. The smallest absolute Gasteiger partial charge is 0.162 e. The maximum absolute atomic E-state index is 10.0. The van der Waals surface area contributed by atoms with Crippen LogP contribution in [0.2, 0.25) is 0 Å². The van der Waals surface area contributed by atoms with Crippen LogP contribution in [0, 0.1) is 0 Å². The van der Waals surface area contributed by atoms with Gasteiger partial charge in [0.1, 0.15) is 5.82 Å². The fraction of sp³-hybridized carbons (Fsp3) is 0.111. The van der Waals surface area contributed by atoms with Gasteiger partial charge in [0.15, 0.2) is 17.3 Å². The van der Waals surface area contributed by atoms with Crippen molar-refractivity contribution in [3.63, 3.8) is 0 Å². The Morgan fingerprint density at radius 1 is 0.689 bits per heavy atom. The minimum Gasteiger partial charge on any atom is -0.493 e. The van der Waals surface area contributed by atoms with E-state index in [1.165, 1.54) is 0 Å². The summed E-state index contributed by atoms with van der Waals surface area (Å²) in [6.07, 6.45) is 2.00. The first-order valence-corrected chi connectivity index (χ1v) is 14.3. The van der Waals surface area contributed by atoms with E-state index >= 15 is 0 Å². The number of nitrogen functional groups attached to an aromatic ring is 2. The van der Waals surface area contributed by atoms with Gasteiger partial charge in [0.25, 0.3) is 0 Å². The number of amidine groups is 1. The molecule has 5 aromatic rings. The molecule has 0 bridgehead atoms. The number of nitrogens with zero attached hydrogens (tertiary/aromatic N) is 2. The van der Waals surface area contributed by atoms with Crippen molar-refractivity contribution in [1.29, 1.82) is 0 Å². The molecule has 9 heteroatoms. The van der Waals surface area contributed by atoms with E-state index in [2.05, 4.69) is 4.98 Å². The molecule has 4 aromatic carbocycles. The molecule has 0 amide bonds. The van der Waals surface area contributed by atoms with E-state index in [1.54, 1.807) is 14.2 Å². The maximum Gasteiger partial charge on any atom is 0.162 e. The number of benzene rings is 4. The minimum absolute atomic E-state index is 0.169. The first-order chi connectivity index (χ1) is 21.9. The number of H-pyrrole nitrogens is 1. The number of aliphatic hydroxyl groups excluding tert-OH is 2. The van der Waals surface area contributed by atoms with Gasteiger partial charge in [0, 0.05) is 33.8 Å². The second kappa shape index (κ2) is 12.5. The summed E-state index contributed by atoms with van der Waals surface area (Å²) < 4.78 is 11.1. The molecule has 0 fully saturated rings. The molecule has 0 spiro atoms. The number of methoxy groups -OCH3 is 2. The Hall–Kier alpha value is -5.64. The number of nitrogens with two attached hydrogens (primary N) is 2. The highest BCUT2D eigenvalue weighted by atomic mass is 16.5. The fourth-order valence-electron chi connectivity index (χ4n) is 5.28. The van der Waals surface area contributed by atoms with Gasteiger partial charge in [-0.15, -0.1) is 0 Å². The topological polar surface area (TPSA) is 151 Å². The average Bonchev–Trinajstić information content (AvgIpc) is 3.69. The largest absolute Gasteiger partial charge is 0.493 e. The van der Waals surface area contributed by atoms with Gasteiger partial charge in [0.05, 0.1) is 33.1 Å². The Morgan fingerprint density at radius 3 is 1.96 bits per heavy atom. The van der Waals surface area contributed by atoms with Gasteiger partial charge in [-0.25, -0.2) is 9.98 Å². The van der Waals surface area contributed by atoms with Crippen LogP contribution >= 0.6 is 0 Å². The lowest BCUT2D eigenvalue weighted by Gasteiger charge is -2.11. The predicted octanol–water partition coefficient (Wildman–Crippen LogP) is 6.13. The number of ether oxygens (including phenoxy) is 2. The lowest BCUT2D eigenvalue weighted by molar-refractivity contribution is 0.260. The van der Waals surface area contributed by atoms with E-state index < -0.39 is 0 Å². The molecule has 226 valence electrons. The standard InChI is InChI=1S/C36H33N5O4/c1-44-33-14-9-24(16-34(33)45-2)30-18-32(22-7-12-28(38)13-8-22)40-36(30)41-35-29(23-3-4-25(19-42)26(15-23)20-43)17-31(39-35)21-5-10-27(37)11-6-21/h3-18,39,42-43H,19-20,37-38H2,1-2H3/b41-36-. The summed E-state index contributed by atoms with van der Waals surface area (Å²) in [5.41, 5.74) is 21.2. The predicted molar refractivity (Wildman–Crippen MR) is 180 cm³/mol. The van der Waals surface area contributed by atoms with Gasteiger partial charge in [-0.3, -0.25) is 0 Å². The van der Waals surface area contributed by atoms with Crippen molar-refractivity contribution in [2.45, 2.75) is 13.2 Å². The number of hydrogen-bond acceptors (Lipinski definition) is 7. The normalized spacial score (nSPS) is 13.6. The summed E-state index contributed by atoms with van der Waals surface area (Å²) in [5, 5.41) is 19.8. The molecule has 0 atom stereocenters. The first-order valence-electron chi connectivity index (χ1n) is 14.3. The van der Waals surface area contributed by atoms with E-state index in [0.717, 1.165) is 44.8 Å². The summed E-state index contributed by atoms with van der Waals surface area (Å²) in [7, 11) is 3.20. The van der Waals surface area contributed by atoms with E-state index in [0.29, 0.717) is 45.7 Å². The van der Waals surface area contributed by atoms with Crippen molar-refractivity contribution in [3.8, 4) is 33.9 Å². The van der Waals surface area contributed by atoms with Gasteiger partial charge < -0.3 is 36.1 Å². The SMILES string of the molecule is COc1ccc(C2=CC(c3ccc(N)cc3)=N/C2=N\c2[nH]c(-c3ccc(N)cc3)cc2-c2ccc(CO)c(CO)c2)cc1OC. The molecule has 1 aliphatic heterocycles. The molecular formula is C36H33N5O4. The molecule has 1 aromatic heterocycles. The van der Waals surface area contributed by atoms with Crippen LogP contribution in [0.1, 0.15) is 22.3 Å². The van der Waals surface area contributed by atoms with Gasteiger partial charge in [-0.05, 0) is 82.4 Å². The van der Waals surface area contributed by atoms with E-state index in [4.69, 9.17) is 30.9 Å². The van der Waals surface area contributed by atoms with Gasteiger partial charge in [0.2, 0.25) is 0 Å². The van der Waals surface area contributed by atoms with E-state index in [-0.39, 0.29) is 13.2 Å². The van der Waals surface area contributed by atoms with Crippen molar-refractivity contribution >= 4 is 34.3 Å². The Labute approximate surface area is 260 Å². The number of aliphatic hydroxyl groups is 2. The van der Waals surface area contributed by atoms with Crippen LogP contribution in [0.4, 0.5) is 17.2 Å². The van der Waals surface area contributed by atoms with Crippen LogP contribution in [-0.4, -0.2) is 41.0 Å². The number of aromatic amines is 1. The van der Waals surface area contributed by atoms with Crippen LogP contribution in [0.3, 0.4) is 0 Å². The second-order valence-corrected chi connectivity index (χ2v) is 10.5. The van der Waals surface area contributed by atoms with Crippen molar-refractivity contribution in [3.05, 3.63) is 119 Å². The Bertz CT molecular complexity index is 1960. The number of aliphatic imine (C=N–C) groups is 2. The monoisotopic (exact) mass is 599 g/mol. The van der Waals surface area contributed by atoms with E-state index in [1.807, 2.05) is 97.1 Å². The lowest BCUT2D eigenvalue weighted by atomic mass is 10.00. The number of rotatable bonds is 9. The molecule has 6 rings (SSSR count).